The fourth-order valence-corrected chi connectivity index (χ4v) is 4.68. The number of nitrogens with one attached hydrogen (secondary N) is 1. The van der Waals surface area contributed by atoms with Gasteiger partial charge in [0.15, 0.2) is 12.4 Å². The molecule has 6 nitrogen and oxygen atoms in total. The van der Waals surface area contributed by atoms with Gasteiger partial charge in [-0.3, -0.25) is 9.59 Å². The normalized spacial score (nSPS) is 12.4. The van der Waals surface area contributed by atoms with E-state index in [1.807, 2.05) is 12.1 Å². The molecule has 1 N–H and O–H groups in total. The highest BCUT2D eigenvalue weighted by Crippen LogP contribution is 2.33. The van der Waals surface area contributed by atoms with Crippen LogP contribution >= 0.6 is 11.6 Å². The number of carbonyl (C=O) groups is 2. The number of rotatable bonds is 6. The van der Waals surface area contributed by atoms with Crippen LogP contribution in [0.3, 0.4) is 0 Å². The number of ketones is 1. The SMILES string of the molecule is Cc1c(OCC(=O)Nc2ccc(Cl)cc2C(=O)c2ccccc2)ccc2c3c(c(=O)oc12)CCC3. The molecule has 4 aromatic rings. The largest absolute Gasteiger partial charge is 0.483 e. The lowest BCUT2D eigenvalue weighted by Gasteiger charge is -2.14. The molecule has 0 aliphatic heterocycles. The number of fused-ring (bicyclic) bond motifs is 3. The Bertz CT molecular complexity index is 1520. The average Bonchev–Trinajstić information content (AvgIpc) is 3.36. The lowest BCUT2D eigenvalue weighted by molar-refractivity contribution is -0.118. The van der Waals surface area contributed by atoms with Gasteiger partial charge in [0.2, 0.25) is 0 Å². The summed E-state index contributed by atoms with van der Waals surface area (Å²) in [5, 5.41) is 4.04. The van der Waals surface area contributed by atoms with E-state index in [-0.39, 0.29) is 23.6 Å². The van der Waals surface area contributed by atoms with Crippen molar-refractivity contribution in [3.05, 3.63) is 104 Å². The fourth-order valence-electron chi connectivity index (χ4n) is 4.51. The smallest absolute Gasteiger partial charge is 0.339 e. The Labute approximate surface area is 206 Å². The molecule has 0 saturated carbocycles. The van der Waals surface area contributed by atoms with Crippen molar-refractivity contribution in [3.63, 3.8) is 0 Å². The first-order chi connectivity index (χ1) is 16.9. The van der Waals surface area contributed by atoms with Gasteiger partial charge in [-0.2, -0.15) is 0 Å². The van der Waals surface area contributed by atoms with Gasteiger partial charge in [0, 0.05) is 32.7 Å². The second kappa shape index (κ2) is 9.39. The molecule has 0 atom stereocenters. The maximum Gasteiger partial charge on any atom is 0.339 e. The number of halogens is 1. The van der Waals surface area contributed by atoms with Crippen molar-refractivity contribution in [1.29, 1.82) is 0 Å². The highest BCUT2D eigenvalue weighted by Gasteiger charge is 2.22. The Morgan fingerprint density at radius 1 is 1.03 bits per heavy atom. The lowest BCUT2D eigenvalue weighted by Crippen LogP contribution is -2.22. The summed E-state index contributed by atoms with van der Waals surface area (Å²) in [5.41, 5.74) is 3.76. The minimum atomic E-state index is -0.440. The van der Waals surface area contributed by atoms with Gasteiger partial charge in [0.25, 0.3) is 5.91 Å². The van der Waals surface area contributed by atoms with Gasteiger partial charge in [0.05, 0.1) is 5.69 Å². The minimum Gasteiger partial charge on any atom is -0.483 e. The Kier molecular flexibility index (Phi) is 6.14. The maximum atomic E-state index is 13.0. The van der Waals surface area contributed by atoms with Gasteiger partial charge in [-0.1, -0.05) is 41.9 Å². The maximum absolute atomic E-state index is 13.0. The molecule has 1 heterocycles. The van der Waals surface area contributed by atoms with Crippen molar-refractivity contribution in [2.45, 2.75) is 26.2 Å². The summed E-state index contributed by atoms with van der Waals surface area (Å²) in [4.78, 5) is 38.1. The number of carbonyl (C=O) groups excluding carboxylic acids is 2. The zero-order chi connectivity index (χ0) is 24.5. The molecule has 1 aliphatic carbocycles. The molecule has 1 amide bonds. The van der Waals surface area contributed by atoms with E-state index in [0.29, 0.717) is 33.2 Å². The number of ether oxygens (including phenoxy) is 1. The number of anilines is 1. The monoisotopic (exact) mass is 487 g/mol. The second-order valence-corrected chi connectivity index (χ2v) is 8.92. The van der Waals surface area contributed by atoms with Crippen molar-refractivity contribution >= 4 is 39.9 Å². The van der Waals surface area contributed by atoms with E-state index in [4.69, 9.17) is 20.8 Å². The number of amides is 1. The van der Waals surface area contributed by atoms with Crippen LogP contribution in [-0.4, -0.2) is 18.3 Å². The van der Waals surface area contributed by atoms with Gasteiger partial charge in [-0.05, 0) is 62.1 Å². The van der Waals surface area contributed by atoms with Gasteiger partial charge in [-0.15, -0.1) is 0 Å². The topological polar surface area (TPSA) is 85.6 Å². The summed E-state index contributed by atoms with van der Waals surface area (Å²) in [6.07, 6.45) is 2.53. The van der Waals surface area contributed by atoms with Crippen LogP contribution in [0.2, 0.25) is 5.02 Å². The van der Waals surface area contributed by atoms with Crippen LogP contribution in [0.5, 0.6) is 5.75 Å². The summed E-state index contributed by atoms with van der Waals surface area (Å²) in [7, 11) is 0. The van der Waals surface area contributed by atoms with Gasteiger partial charge < -0.3 is 14.5 Å². The molecule has 0 fully saturated rings. The predicted octanol–water partition coefficient (Wildman–Crippen LogP) is 5.49. The molecule has 0 spiro atoms. The first-order valence-electron chi connectivity index (χ1n) is 11.3. The van der Waals surface area contributed by atoms with Gasteiger partial charge in [-0.25, -0.2) is 4.79 Å². The van der Waals surface area contributed by atoms with E-state index in [9.17, 15) is 14.4 Å². The van der Waals surface area contributed by atoms with Crippen LogP contribution in [0.25, 0.3) is 11.0 Å². The predicted molar refractivity (Wildman–Crippen MR) is 135 cm³/mol. The zero-order valence-electron chi connectivity index (χ0n) is 19.0. The quantitative estimate of drug-likeness (QED) is 0.287. The number of hydrogen-bond donors (Lipinski definition) is 1. The number of aryl methyl sites for hydroxylation is 2. The highest BCUT2D eigenvalue weighted by molar-refractivity contribution is 6.31. The van der Waals surface area contributed by atoms with E-state index in [1.54, 1.807) is 49.4 Å². The molecule has 5 rings (SSSR count). The van der Waals surface area contributed by atoms with E-state index in [2.05, 4.69) is 5.32 Å². The first kappa shape index (κ1) is 22.9. The van der Waals surface area contributed by atoms with Crippen molar-refractivity contribution in [2.75, 3.05) is 11.9 Å². The van der Waals surface area contributed by atoms with Crippen molar-refractivity contribution in [1.82, 2.24) is 0 Å². The summed E-state index contributed by atoms with van der Waals surface area (Å²) in [6.45, 7) is 1.51. The van der Waals surface area contributed by atoms with Crippen LogP contribution < -0.4 is 15.7 Å². The Hall–Kier alpha value is -3.90. The third kappa shape index (κ3) is 4.45. The summed E-state index contributed by atoms with van der Waals surface area (Å²) < 4.78 is 11.3. The summed E-state index contributed by atoms with van der Waals surface area (Å²) in [5.74, 6) is -0.243. The summed E-state index contributed by atoms with van der Waals surface area (Å²) in [6, 6.07) is 17.2. The van der Waals surface area contributed by atoms with Crippen LogP contribution in [0.4, 0.5) is 5.69 Å². The molecule has 0 radical (unpaired) electrons. The Morgan fingerprint density at radius 3 is 2.60 bits per heavy atom. The molecule has 35 heavy (non-hydrogen) atoms. The molecule has 0 unspecified atom stereocenters. The van der Waals surface area contributed by atoms with E-state index >= 15 is 0 Å². The van der Waals surface area contributed by atoms with Crippen LogP contribution in [0.15, 0.2) is 69.9 Å². The Morgan fingerprint density at radius 2 is 1.80 bits per heavy atom. The molecule has 1 aliphatic rings. The standard InChI is InChI=1S/C28H22ClNO5/c1-16-24(13-11-20-19-8-5-9-21(19)28(33)35-27(16)20)34-15-25(31)30-23-12-10-18(29)14-22(23)26(32)17-6-3-2-4-7-17/h2-4,6-7,10-14H,5,8-9,15H2,1H3,(H,30,31). The lowest BCUT2D eigenvalue weighted by atomic mass is 10.0. The third-order valence-corrected chi connectivity index (χ3v) is 6.47. The van der Waals surface area contributed by atoms with Crippen molar-refractivity contribution < 1.29 is 18.7 Å². The molecule has 1 aromatic heterocycles. The second-order valence-electron chi connectivity index (χ2n) is 8.49. The van der Waals surface area contributed by atoms with E-state index in [0.717, 1.165) is 35.8 Å². The zero-order valence-corrected chi connectivity index (χ0v) is 19.8. The highest BCUT2D eigenvalue weighted by atomic mass is 35.5. The van der Waals surface area contributed by atoms with Crippen molar-refractivity contribution in [3.8, 4) is 5.75 Å². The third-order valence-electron chi connectivity index (χ3n) is 6.24. The van der Waals surface area contributed by atoms with Crippen molar-refractivity contribution in [2.24, 2.45) is 0 Å². The fraction of sp³-hybridized carbons (Fsp3) is 0.179. The van der Waals surface area contributed by atoms with Crippen LogP contribution in [0.1, 0.15) is 39.0 Å². The molecular formula is C28H22ClNO5. The molecule has 0 bridgehead atoms. The molecule has 3 aromatic carbocycles. The molecular weight excluding hydrogens is 466 g/mol. The molecule has 176 valence electrons. The number of hydrogen-bond acceptors (Lipinski definition) is 5. The van der Waals surface area contributed by atoms with Gasteiger partial charge >= 0.3 is 5.63 Å². The van der Waals surface area contributed by atoms with E-state index < -0.39 is 5.91 Å². The molecule has 0 saturated heterocycles. The minimum absolute atomic E-state index is 0.253. The van der Waals surface area contributed by atoms with Crippen LogP contribution in [0, 0.1) is 6.92 Å². The summed E-state index contributed by atoms with van der Waals surface area (Å²) >= 11 is 6.12. The average molecular weight is 488 g/mol. The Balaban J connectivity index is 1.35. The van der Waals surface area contributed by atoms with Crippen LogP contribution in [-0.2, 0) is 17.6 Å². The van der Waals surface area contributed by atoms with E-state index in [1.165, 1.54) is 6.07 Å². The van der Waals surface area contributed by atoms with Gasteiger partial charge in [0.1, 0.15) is 11.3 Å². The first-order valence-corrected chi connectivity index (χ1v) is 11.7. The molecule has 7 heteroatoms. The number of benzene rings is 3.